The van der Waals surface area contributed by atoms with E-state index in [0.717, 1.165) is 37.1 Å². The molecule has 0 aliphatic rings. The Balaban J connectivity index is 3.43. The Kier molecular flexibility index (Phi) is 5.12. The van der Waals surface area contributed by atoms with Gasteiger partial charge in [-0.3, -0.25) is 0 Å². The van der Waals surface area contributed by atoms with Crippen LogP contribution in [0.5, 0.6) is 0 Å². The summed E-state index contributed by atoms with van der Waals surface area (Å²) in [6.07, 6.45) is 4.30. The second-order valence-corrected chi connectivity index (χ2v) is 6.56. The van der Waals surface area contributed by atoms with Gasteiger partial charge in [0.2, 0.25) is 0 Å². The Morgan fingerprint density at radius 1 is 0.700 bits per heavy atom. The molecule has 1 aromatic carbocycles. The first-order valence-electron chi connectivity index (χ1n) is 7.97. The minimum absolute atomic E-state index is 0.117. The molecule has 0 bridgehead atoms. The van der Waals surface area contributed by atoms with Gasteiger partial charge in [0.05, 0.1) is 0 Å². The highest BCUT2D eigenvalue weighted by Crippen LogP contribution is 2.41. The first-order chi connectivity index (χ1) is 9.27. The summed E-state index contributed by atoms with van der Waals surface area (Å²) in [6.45, 7) is 13.4. The van der Waals surface area contributed by atoms with E-state index in [-0.39, 0.29) is 10.8 Å². The number of hydrogen-bond donors (Lipinski definition) is 2. The SMILES string of the molecule is CCC(C)(CC)c1cc(N)c(C(C)(CC)CC)cc1N. The first kappa shape index (κ1) is 16.9. The zero-order chi connectivity index (χ0) is 15.6. The number of anilines is 2. The number of nitrogens with two attached hydrogens (primary N) is 2. The third kappa shape index (κ3) is 2.79. The third-order valence-electron chi connectivity index (χ3n) is 5.64. The van der Waals surface area contributed by atoms with Crippen LogP contribution in [-0.4, -0.2) is 0 Å². The Morgan fingerprint density at radius 3 is 1.15 bits per heavy atom. The van der Waals surface area contributed by atoms with Gasteiger partial charge in [-0.15, -0.1) is 0 Å². The van der Waals surface area contributed by atoms with Gasteiger partial charge in [0.1, 0.15) is 0 Å². The lowest BCUT2D eigenvalue weighted by Crippen LogP contribution is -2.25. The van der Waals surface area contributed by atoms with Gasteiger partial charge in [0.25, 0.3) is 0 Å². The highest BCUT2D eigenvalue weighted by molar-refractivity contribution is 5.64. The van der Waals surface area contributed by atoms with Crippen LogP contribution in [0.1, 0.15) is 78.4 Å². The van der Waals surface area contributed by atoms with E-state index in [0.29, 0.717) is 0 Å². The molecule has 0 radical (unpaired) electrons. The van der Waals surface area contributed by atoms with Crippen LogP contribution in [-0.2, 0) is 10.8 Å². The molecule has 1 rings (SSSR count). The smallest absolute Gasteiger partial charge is 0.0356 e. The Hall–Kier alpha value is -1.18. The predicted molar refractivity (Wildman–Crippen MR) is 91.1 cm³/mol. The predicted octanol–water partition coefficient (Wildman–Crippen LogP) is 5.01. The summed E-state index contributed by atoms with van der Waals surface area (Å²) >= 11 is 0. The molecule has 0 fully saturated rings. The molecule has 0 aromatic heterocycles. The summed E-state index contributed by atoms with van der Waals surface area (Å²) in [5.74, 6) is 0. The topological polar surface area (TPSA) is 52.0 Å². The van der Waals surface area contributed by atoms with E-state index in [1.807, 2.05) is 0 Å². The van der Waals surface area contributed by atoms with Gasteiger partial charge in [-0.2, -0.15) is 0 Å². The second kappa shape index (κ2) is 6.07. The van der Waals surface area contributed by atoms with Crippen molar-refractivity contribution in [2.24, 2.45) is 0 Å². The lowest BCUT2D eigenvalue weighted by Gasteiger charge is -2.33. The van der Waals surface area contributed by atoms with Crippen LogP contribution in [0, 0.1) is 0 Å². The van der Waals surface area contributed by atoms with Crippen molar-refractivity contribution in [1.29, 1.82) is 0 Å². The third-order valence-corrected chi connectivity index (χ3v) is 5.64. The molecule has 2 nitrogen and oxygen atoms in total. The van der Waals surface area contributed by atoms with Crippen molar-refractivity contribution in [1.82, 2.24) is 0 Å². The van der Waals surface area contributed by atoms with Crippen LogP contribution in [0.25, 0.3) is 0 Å². The molecule has 0 aliphatic carbocycles. The van der Waals surface area contributed by atoms with E-state index < -0.39 is 0 Å². The second-order valence-electron chi connectivity index (χ2n) is 6.56. The van der Waals surface area contributed by atoms with E-state index in [1.54, 1.807) is 0 Å². The summed E-state index contributed by atoms with van der Waals surface area (Å²) in [5.41, 5.74) is 17.2. The van der Waals surface area contributed by atoms with Crippen molar-refractivity contribution in [2.45, 2.75) is 78.1 Å². The van der Waals surface area contributed by atoms with Crippen LogP contribution in [0.3, 0.4) is 0 Å². The fourth-order valence-electron chi connectivity index (χ4n) is 2.94. The molecule has 0 heterocycles. The maximum absolute atomic E-state index is 6.38. The maximum atomic E-state index is 6.38. The van der Waals surface area contributed by atoms with Gasteiger partial charge in [0, 0.05) is 11.4 Å². The molecule has 0 saturated heterocycles. The normalized spacial score (nSPS) is 12.7. The van der Waals surface area contributed by atoms with E-state index in [2.05, 4.69) is 53.7 Å². The van der Waals surface area contributed by atoms with Crippen LogP contribution < -0.4 is 11.5 Å². The molecule has 114 valence electrons. The average molecular weight is 276 g/mol. The zero-order valence-corrected chi connectivity index (χ0v) is 14.1. The van der Waals surface area contributed by atoms with Gasteiger partial charge in [-0.1, -0.05) is 41.5 Å². The van der Waals surface area contributed by atoms with E-state index in [1.165, 1.54) is 11.1 Å². The minimum atomic E-state index is 0.117. The number of hydrogen-bond acceptors (Lipinski definition) is 2. The van der Waals surface area contributed by atoms with Crippen molar-refractivity contribution < 1.29 is 0 Å². The van der Waals surface area contributed by atoms with Gasteiger partial charge in [-0.25, -0.2) is 0 Å². The molecule has 0 atom stereocenters. The summed E-state index contributed by atoms with van der Waals surface area (Å²) in [6, 6.07) is 4.25. The number of nitrogen functional groups attached to an aromatic ring is 2. The fourth-order valence-corrected chi connectivity index (χ4v) is 2.94. The monoisotopic (exact) mass is 276 g/mol. The highest BCUT2D eigenvalue weighted by Gasteiger charge is 2.29. The molecular formula is C18H32N2. The van der Waals surface area contributed by atoms with Gasteiger partial charge in [0.15, 0.2) is 0 Å². The molecule has 20 heavy (non-hydrogen) atoms. The maximum Gasteiger partial charge on any atom is 0.0356 e. The highest BCUT2D eigenvalue weighted by atomic mass is 14.6. The van der Waals surface area contributed by atoms with Crippen molar-refractivity contribution in [2.75, 3.05) is 11.5 Å². The van der Waals surface area contributed by atoms with Crippen molar-refractivity contribution in [3.8, 4) is 0 Å². The molecule has 4 N–H and O–H groups in total. The molecule has 2 heteroatoms. The molecule has 0 aliphatic heterocycles. The lowest BCUT2D eigenvalue weighted by atomic mass is 9.72. The summed E-state index contributed by atoms with van der Waals surface area (Å²) in [4.78, 5) is 0. The van der Waals surface area contributed by atoms with Crippen molar-refractivity contribution >= 4 is 11.4 Å². The average Bonchev–Trinajstić information content (AvgIpc) is 2.47. The summed E-state index contributed by atoms with van der Waals surface area (Å²) in [5, 5.41) is 0. The lowest BCUT2D eigenvalue weighted by molar-refractivity contribution is 0.433. The van der Waals surface area contributed by atoms with Crippen LogP contribution in [0.2, 0.25) is 0 Å². The number of benzene rings is 1. The van der Waals surface area contributed by atoms with Gasteiger partial charge in [-0.05, 0) is 59.8 Å². The Labute approximate surface area is 124 Å². The van der Waals surface area contributed by atoms with Crippen molar-refractivity contribution in [3.05, 3.63) is 23.3 Å². The summed E-state index contributed by atoms with van der Waals surface area (Å²) in [7, 11) is 0. The zero-order valence-electron chi connectivity index (χ0n) is 14.1. The van der Waals surface area contributed by atoms with Gasteiger partial charge >= 0.3 is 0 Å². The van der Waals surface area contributed by atoms with Gasteiger partial charge < -0.3 is 11.5 Å². The molecule has 0 amide bonds. The molecule has 0 unspecified atom stereocenters. The standard InChI is InChI=1S/C18H32N2/c1-7-17(5,8-2)13-11-16(20)14(12-15(13)19)18(6,9-3)10-4/h11-12H,7-10,19-20H2,1-6H3. The quantitative estimate of drug-likeness (QED) is 0.718. The largest absolute Gasteiger partial charge is 0.398 e. The molecule has 0 saturated carbocycles. The van der Waals surface area contributed by atoms with Crippen LogP contribution in [0.4, 0.5) is 11.4 Å². The Bertz CT molecular complexity index is 411. The molecule has 0 spiro atoms. The minimum Gasteiger partial charge on any atom is -0.398 e. The summed E-state index contributed by atoms with van der Waals surface area (Å²) < 4.78 is 0. The van der Waals surface area contributed by atoms with Crippen LogP contribution >= 0.6 is 0 Å². The molecule has 1 aromatic rings. The number of rotatable bonds is 6. The fraction of sp³-hybridized carbons (Fsp3) is 0.667. The first-order valence-corrected chi connectivity index (χ1v) is 7.97. The van der Waals surface area contributed by atoms with Crippen LogP contribution in [0.15, 0.2) is 12.1 Å². The molecular weight excluding hydrogens is 244 g/mol. The van der Waals surface area contributed by atoms with Crippen molar-refractivity contribution in [3.63, 3.8) is 0 Å². The van der Waals surface area contributed by atoms with E-state index >= 15 is 0 Å². The van der Waals surface area contributed by atoms with E-state index in [4.69, 9.17) is 11.5 Å². The van der Waals surface area contributed by atoms with E-state index in [9.17, 15) is 0 Å². The Morgan fingerprint density at radius 2 is 0.950 bits per heavy atom.